The lowest BCUT2D eigenvalue weighted by molar-refractivity contribution is -0.132. The third-order valence-corrected chi connectivity index (χ3v) is 4.55. The maximum Gasteiger partial charge on any atom is 0.236 e. The highest BCUT2D eigenvalue weighted by atomic mass is 35.5. The van der Waals surface area contributed by atoms with Crippen molar-refractivity contribution in [1.29, 1.82) is 0 Å². The smallest absolute Gasteiger partial charge is 0.236 e. The molecule has 1 aromatic heterocycles. The summed E-state index contributed by atoms with van der Waals surface area (Å²) in [7, 11) is 0. The number of nitrogens with zero attached hydrogens (tertiary/aromatic N) is 3. The van der Waals surface area contributed by atoms with Crippen LogP contribution in [0.2, 0.25) is 10.0 Å². The van der Waals surface area contributed by atoms with Crippen molar-refractivity contribution in [2.45, 2.75) is 19.5 Å². The minimum absolute atomic E-state index is 0. The molecule has 2 N–H and O–H groups in total. The number of hydrogen-bond donors (Lipinski definition) is 1. The highest BCUT2D eigenvalue weighted by Crippen LogP contribution is 2.36. The van der Waals surface area contributed by atoms with Gasteiger partial charge in [-0.2, -0.15) is 5.10 Å². The maximum absolute atomic E-state index is 11.9. The molecule has 0 spiro atoms. The molecule has 0 saturated carbocycles. The lowest BCUT2D eigenvalue weighted by Gasteiger charge is -2.34. The van der Waals surface area contributed by atoms with Gasteiger partial charge in [-0.15, -0.1) is 12.4 Å². The average Bonchev–Trinajstić information content (AvgIpc) is 2.83. The van der Waals surface area contributed by atoms with Crippen LogP contribution in [0.15, 0.2) is 12.1 Å². The Labute approximate surface area is 138 Å². The van der Waals surface area contributed by atoms with Gasteiger partial charge in [-0.1, -0.05) is 23.2 Å². The van der Waals surface area contributed by atoms with Gasteiger partial charge in [0.25, 0.3) is 0 Å². The van der Waals surface area contributed by atoms with E-state index in [-0.39, 0.29) is 30.9 Å². The first kappa shape index (κ1) is 16.4. The molecule has 1 aliphatic heterocycles. The summed E-state index contributed by atoms with van der Waals surface area (Å²) in [6.07, 6.45) is 0. The second-order valence-corrected chi connectivity index (χ2v) is 5.62. The second kappa shape index (κ2) is 6.01. The Kier molecular flexibility index (Phi) is 4.68. The number of benzene rings is 1. The molecule has 5 nitrogen and oxygen atoms in total. The van der Waals surface area contributed by atoms with Crippen LogP contribution in [0.1, 0.15) is 18.7 Å². The fourth-order valence-corrected chi connectivity index (χ4v) is 3.13. The molecule has 0 saturated heterocycles. The Morgan fingerprint density at radius 1 is 1.43 bits per heavy atom. The van der Waals surface area contributed by atoms with E-state index in [1.807, 2.05) is 17.7 Å². The Morgan fingerprint density at radius 3 is 2.81 bits per heavy atom. The van der Waals surface area contributed by atoms with Gasteiger partial charge in [0, 0.05) is 11.9 Å². The van der Waals surface area contributed by atoms with Crippen molar-refractivity contribution in [3.8, 4) is 0 Å². The molecule has 0 aliphatic carbocycles. The van der Waals surface area contributed by atoms with E-state index in [9.17, 15) is 4.79 Å². The Bertz CT molecular complexity index is 700. The SMILES string of the molecule is CC1c2c3ccc(Cl)c(Cl)c3nn2CCN1C(=O)CN.Cl. The molecule has 1 aliphatic rings. The van der Waals surface area contributed by atoms with Crippen LogP contribution in [0.25, 0.3) is 10.9 Å². The second-order valence-electron chi connectivity index (χ2n) is 4.83. The third kappa shape index (κ3) is 2.48. The molecule has 0 fully saturated rings. The molecule has 1 atom stereocenters. The zero-order valence-corrected chi connectivity index (χ0v) is 13.7. The lowest BCUT2D eigenvalue weighted by atomic mass is 10.1. The summed E-state index contributed by atoms with van der Waals surface area (Å²) < 4.78 is 1.90. The van der Waals surface area contributed by atoms with Gasteiger partial charge in [-0.05, 0) is 19.1 Å². The summed E-state index contributed by atoms with van der Waals surface area (Å²) in [4.78, 5) is 13.7. The van der Waals surface area contributed by atoms with Crippen molar-refractivity contribution in [2.24, 2.45) is 5.73 Å². The number of halogens is 3. The number of hydrogen-bond acceptors (Lipinski definition) is 3. The fourth-order valence-electron chi connectivity index (χ4n) is 2.77. The number of aromatic nitrogens is 2. The van der Waals surface area contributed by atoms with Crippen LogP contribution in [-0.2, 0) is 11.3 Å². The predicted octanol–water partition coefficient (Wildman–Crippen LogP) is 2.63. The third-order valence-electron chi connectivity index (χ3n) is 3.75. The number of rotatable bonds is 1. The first-order valence-electron chi connectivity index (χ1n) is 6.38. The van der Waals surface area contributed by atoms with E-state index >= 15 is 0 Å². The van der Waals surface area contributed by atoms with Gasteiger partial charge >= 0.3 is 0 Å². The molecule has 0 radical (unpaired) electrons. The first-order chi connectivity index (χ1) is 9.54. The predicted molar refractivity (Wildman–Crippen MR) is 86.2 cm³/mol. The largest absolute Gasteiger partial charge is 0.331 e. The Balaban J connectivity index is 0.00000161. The van der Waals surface area contributed by atoms with Gasteiger partial charge in [0.15, 0.2) is 0 Å². The molecule has 114 valence electrons. The van der Waals surface area contributed by atoms with Gasteiger partial charge in [-0.25, -0.2) is 0 Å². The topological polar surface area (TPSA) is 64.2 Å². The highest BCUT2D eigenvalue weighted by Gasteiger charge is 2.30. The molecular weight excluding hydrogens is 335 g/mol. The van der Waals surface area contributed by atoms with E-state index in [1.54, 1.807) is 11.0 Å². The highest BCUT2D eigenvalue weighted by molar-refractivity contribution is 6.45. The van der Waals surface area contributed by atoms with Crippen LogP contribution in [0.4, 0.5) is 0 Å². The van der Waals surface area contributed by atoms with E-state index in [2.05, 4.69) is 5.10 Å². The molecule has 1 amide bonds. The molecule has 1 unspecified atom stereocenters. The maximum atomic E-state index is 11.9. The van der Waals surface area contributed by atoms with E-state index < -0.39 is 0 Å². The Morgan fingerprint density at radius 2 is 2.14 bits per heavy atom. The van der Waals surface area contributed by atoms with E-state index in [1.165, 1.54) is 0 Å². The average molecular weight is 350 g/mol. The van der Waals surface area contributed by atoms with Gasteiger partial charge < -0.3 is 10.6 Å². The molecule has 3 rings (SSSR count). The van der Waals surface area contributed by atoms with Crippen molar-refractivity contribution in [3.05, 3.63) is 27.9 Å². The van der Waals surface area contributed by atoms with Gasteiger partial charge in [0.2, 0.25) is 5.91 Å². The van der Waals surface area contributed by atoms with Gasteiger partial charge in [-0.3, -0.25) is 9.48 Å². The van der Waals surface area contributed by atoms with E-state index in [0.717, 1.165) is 11.1 Å². The summed E-state index contributed by atoms with van der Waals surface area (Å²) in [5.74, 6) is -0.0573. The summed E-state index contributed by atoms with van der Waals surface area (Å²) in [5, 5.41) is 6.38. The summed E-state index contributed by atoms with van der Waals surface area (Å²) in [6, 6.07) is 3.57. The Hall–Kier alpha value is -1.01. The van der Waals surface area contributed by atoms with Crippen molar-refractivity contribution >= 4 is 52.4 Å². The van der Waals surface area contributed by atoms with Crippen LogP contribution < -0.4 is 5.73 Å². The molecular formula is C13H15Cl3N4O. The van der Waals surface area contributed by atoms with Gasteiger partial charge in [0.1, 0.15) is 5.52 Å². The van der Waals surface area contributed by atoms with Crippen molar-refractivity contribution in [2.75, 3.05) is 13.1 Å². The molecule has 1 aromatic carbocycles. The first-order valence-corrected chi connectivity index (χ1v) is 7.14. The van der Waals surface area contributed by atoms with Crippen LogP contribution in [0.5, 0.6) is 0 Å². The molecule has 21 heavy (non-hydrogen) atoms. The number of amides is 1. The van der Waals surface area contributed by atoms with Crippen LogP contribution in [0, 0.1) is 0 Å². The van der Waals surface area contributed by atoms with Crippen molar-refractivity contribution in [3.63, 3.8) is 0 Å². The van der Waals surface area contributed by atoms with Crippen molar-refractivity contribution < 1.29 is 4.79 Å². The number of carbonyl (C=O) groups is 1. The molecule has 2 heterocycles. The van der Waals surface area contributed by atoms with Gasteiger partial charge in [0.05, 0.1) is 34.9 Å². The van der Waals surface area contributed by atoms with E-state index in [0.29, 0.717) is 28.7 Å². The van der Waals surface area contributed by atoms with Crippen LogP contribution in [-0.4, -0.2) is 33.7 Å². The zero-order valence-electron chi connectivity index (χ0n) is 11.3. The molecule has 8 heteroatoms. The number of fused-ring (bicyclic) bond motifs is 3. The van der Waals surface area contributed by atoms with E-state index in [4.69, 9.17) is 28.9 Å². The minimum Gasteiger partial charge on any atom is -0.331 e. The minimum atomic E-state index is -0.0814. The monoisotopic (exact) mass is 348 g/mol. The zero-order chi connectivity index (χ0) is 14.4. The summed E-state index contributed by atoms with van der Waals surface area (Å²) >= 11 is 12.2. The molecule has 2 aromatic rings. The van der Waals surface area contributed by atoms with Crippen LogP contribution >= 0.6 is 35.6 Å². The number of carbonyl (C=O) groups excluding carboxylic acids is 1. The lowest BCUT2D eigenvalue weighted by Crippen LogP contribution is -2.43. The fraction of sp³-hybridized carbons (Fsp3) is 0.385. The summed E-state index contributed by atoms with van der Waals surface area (Å²) in [6.45, 7) is 3.22. The normalized spacial score (nSPS) is 17.5. The quantitative estimate of drug-likeness (QED) is 0.861. The van der Waals surface area contributed by atoms with Crippen LogP contribution in [0.3, 0.4) is 0 Å². The molecule has 0 bridgehead atoms. The standard InChI is InChI=1S/C13H14Cl2N4O.ClH/c1-7-13-8-2-3-9(14)11(15)12(8)17-19(13)5-4-18(7)10(20)6-16;/h2-3,7H,4-6,16H2,1H3;1H. The summed E-state index contributed by atoms with van der Waals surface area (Å²) in [5.41, 5.74) is 7.13. The van der Waals surface area contributed by atoms with Crippen molar-refractivity contribution in [1.82, 2.24) is 14.7 Å². The number of nitrogens with two attached hydrogens (primary N) is 1.